The molecular formula is C38H50N8O5. The number of nitrogens with zero attached hydrogens (tertiary/aromatic N) is 8. The Morgan fingerprint density at radius 1 is 1.12 bits per heavy atom. The average molecular weight is 699 g/mol. The summed E-state index contributed by atoms with van der Waals surface area (Å²) in [5.74, 6) is 0.805. The number of rotatable bonds is 9. The van der Waals surface area contributed by atoms with Gasteiger partial charge in [-0.25, -0.2) is 4.79 Å². The summed E-state index contributed by atoms with van der Waals surface area (Å²) in [4.78, 5) is 30.7. The first kappa shape index (κ1) is 34.0. The zero-order chi connectivity index (χ0) is 35.3. The van der Waals surface area contributed by atoms with Crippen molar-refractivity contribution in [3.05, 3.63) is 40.7 Å². The number of carbonyl (C=O) groups is 1. The second-order valence-electron chi connectivity index (χ2n) is 15.1. The van der Waals surface area contributed by atoms with Crippen LogP contribution in [0.1, 0.15) is 73.6 Å². The molecule has 1 aromatic carbocycles. The molecule has 1 saturated carbocycles. The number of aryl methyl sites for hydroxylation is 1. The Kier molecular flexibility index (Phi) is 9.19. The maximum absolute atomic E-state index is 12.0. The normalized spacial score (nSPS) is 24.8. The summed E-state index contributed by atoms with van der Waals surface area (Å²) in [6.45, 7) is 10.2. The van der Waals surface area contributed by atoms with Crippen molar-refractivity contribution in [1.82, 2.24) is 24.3 Å². The molecule has 2 aromatic heterocycles. The fourth-order valence-electron chi connectivity index (χ4n) is 8.85. The number of carboxylic acid groups (broad SMARTS) is 1. The van der Waals surface area contributed by atoms with Crippen LogP contribution in [0.25, 0.3) is 10.9 Å². The number of hydrogen-bond acceptors (Lipinski definition) is 10. The standard InChI is InChI=1S/C38H50N8O5/c1-25-20-32-30(10-16-46(32)33-6-4-5-19-50-33)34(26(25)2)42-14-9-29-31(23-42)40-36(51-24-38(11-12-38)44-15-8-28(22-44)49-3)41-35(29)43-17-18-45(37(47)48)27(21-43)7-13-39/h10,16,20,27-28,33H,4-9,11-12,14-15,17-19,21-24H2,1-3H3,(H,47,48)/t27-,28?,33?/m0/s1. The van der Waals surface area contributed by atoms with Crippen molar-refractivity contribution >= 4 is 28.5 Å². The van der Waals surface area contributed by atoms with Crippen LogP contribution >= 0.6 is 0 Å². The van der Waals surface area contributed by atoms with E-state index in [9.17, 15) is 15.2 Å². The third-order valence-electron chi connectivity index (χ3n) is 12.1. The second kappa shape index (κ2) is 13.8. The van der Waals surface area contributed by atoms with Crippen molar-refractivity contribution in [3.8, 4) is 12.1 Å². The van der Waals surface area contributed by atoms with Crippen molar-refractivity contribution in [1.29, 1.82) is 5.26 Å². The van der Waals surface area contributed by atoms with E-state index in [0.29, 0.717) is 38.8 Å². The third kappa shape index (κ3) is 6.36. The van der Waals surface area contributed by atoms with Crippen LogP contribution < -0.4 is 14.5 Å². The van der Waals surface area contributed by atoms with Gasteiger partial charge < -0.3 is 38.6 Å². The molecule has 6 heterocycles. The van der Waals surface area contributed by atoms with Crippen LogP contribution in [-0.2, 0) is 22.4 Å². The van der Waals surface area contributed by atoms with Crippen molar-refractivity contribution < 1.29 is 24.1 Å². The van der Waals surface area contributed by atoms with Crippen LogP contribution in [0.5, 0.6) is 6.01 Å². The molecule has 272 valence electrons. The van der Waals surface area contributed by atoms with Gasteiger partial charge in [0, 0.05) is 75.8 Å². The van der Waals surface area contributed by atoms with E-state index >= 15 is 0 Å². The first-order chi connectivity index (χ1) is 24.8. The summed E-state index contributed by atoms with van der Waals surface area (Å²) >= 11 is 0. The van der Waals surface area contributed by atoms with Crippen LogP contribution in [0.15, 0.2) is 18.3 Å². The number of hydrogen-bond donors (Lipinski definition) is 1. The quantitative estimate of drug-likeness (QED) is 0.323. The van der Waals surface area contributed by atoms with Gasteiger partial charge in [-0.15, -0.1) is 0 Å². The fourth-order valence-corrected chi connectivity index (χ4v) is 8.85. The number of likely N-dealkylation sites (tertiary alicyclic amines) is 1. The molecule has 3 saturated heterocycles. The highest BCUT2D eigenvalue weighted by Gasteiger charge is 2.51. The molecule has 3 aromatic rings. The van der Waals surface area contributed by atoms with Gasteiger partial charge in [0.1, 0.15) is 18.7 Å². The molecule has 4 aliphatic heterocycles. The molecule has 3 atom stereocenters. The van der Waals surface area contributed by atoms with Crippen LogP contribution in [0.3, 0.4) is 0 Å². The molecule has 5 aliphatic rings. The highest BCUT2D eigenvalue weighted by Crippen LogP contribution is 2.45. The van der Waals surface area contributed by atoms with Crippen LogP contribution in [0.2, 0.25) is 0 Å². The van der Waals surface area contributed by atoms with Crippen LogP contribution in [0.4, 0.5) is 16.3 Å². The van der Waals surface area contributed by atoms with Crippen LogP contribution in [0, 0.1) is 25.2 Å². The number of aromatic nitrogens is 3. The van der Waals surface area contributed by atoms with Gasteiger partial charge in [-0.05, 0) is 82.1 Å². The summed E-state index contributed by atoms with van der Waals surface area (Å²) in [6, 6.07) is 6.67. The minimum Gasteiger partial charge on any atom is -0.465 e. The maximum atomic E-state index is 12.0. The van der Waals surface area contributed by atoms with Crippen molar-refractivity contribution in [2.75, 3.05) is 69.4 Å². The molecular weight excluding hydrogens is 648 g/mol. The summed E-state index contributed by atoms with van der Waals surface area (Å²) in [7, 11) is 1.79. The Morgan fingerprint density at radius 2 is 1.98 bits per heavy atom. The number of methoxy groups -OCH3 is 1. The van der Waals surface area contributed by atoms with E-state index in [1.165, 1.54) is 39.0 Å². The lowest BCUT2D eigenvalue weighted by molar-refractivity contribution is -0.0291. The second-order valence-corrected chi connectivity index (χ2v) is 15.1. The Labute approximate surface area is 299 Å². The van der Waals surface area contributed by atoms with E-state index in [2.05, 4.69) is 57.5 Å². The predicted octanol–water partition coefficient (Wildman–Crippen LogP) is 5.02. The number of fused-ring (bicyclic) bond motifs is 2. The summed E-state index contributed by atoms with van der Waals surface area (Å²) < 4.78 is 20.7. The molecule has 2 unspecified atom stereocenters. The minimum absolute atomic E-state index is 0.0107. The van der Waals surface area contributed by atoms with E-state index in [1.807, 2.05) is 0 Å². The first-order valence-electron chi connectivity index (χ1n) is 18.7. The van der Waals surface area contributed by atoms with Crippen molar-refractivity contribution in [2.45, 2.75) is 95.7 Å². The molecule has 51 heavy (non-hydrogen) atoms. The molecule has 1 aliphatic carbocycles. The minimum atomic E-state index is -0.990. The number of amides is 1. The topological polar surface area (TPSA) is 132 Å². The highest BCUT2D eigenvalue weighted by atomic mass is 16.5. The van der Waals surface area contributed by atoms with Gasteiger partial charge in [-0.3, -0.25) is 4.90 Å². The van der Waals surface area contributed by atoms with E-state index < -0.39 is 12.1 Å². The smallest absolute Gasteiger partial charge is 0.407 e. The molecule has 13 nitrogen and oxygen atoms in total. The summed E-state index contributed by atoms with van der Waals surface area (Å²) in [5.41, 5.74) is 6.95. The van der Waals surface area contributed by atoms with E-state index in [1.54, 1.807) is 7.11 Å². The predicted molar refractivity (Wildman–Crippen MR) is 192 cm³/mol. The van der Waals surface area contributed by atoms with Gasteiger partial charge in [0.25, 0.3) is 0 Å². The molecule has 0 spiro atoms. The molecule has 13 heteroatoms. The summed E-state index contributed by atoms with van der Waals surface area (Å²) in [6.07, 6.45) is 8.88. The van der Waals surface area contributed by atoms with E-state index in [4.69, 9.17) is 24.2 Å². The Hall–Kier alpha value is -4.12. The number of benzene rings is 1. The molecule has 1 amide bonds. The lowest BCUT2D eigenvalue weighted by atomic mass is 9.98. The molecule has 1 N–H and O–H groups in total. The molecule has 0 bridgehead atoms. The molecule has 8 rings (SSSR count). The number of nitriles is 1. The first-order valence-corrected chi connectivity index (χ1v) is 18.7. The van der Waals surface area contributed by atoms with Gasteiger partial charge in [0.05, 0.1) is 47.9 Å². The SMILES string of the molecule is COC1CCN(C2(COc3nc4c(c(N5CCN(C(=O)O)[C@@H](CC#N)C5)n3)CCN(c3c(C)c(C)cc5c3ccn5C3CCCCO3)C4)CC2)C1. The van der Waals surface area contributed by atoms with Crippen molar-refractivity contribution in [2.24, 2.45) is 0 Å². The van der Waals surface area contributed by atoms with Crippen LogP contribution in [-0.4, -0.2) is 113 Å². The Morgan fingerprint density at radius 3 is 2.71 bits per heavy atom. The van der Waals surface area contributed by atoms with E-state index in [-0.39, 0.29) is 24.3 Å². The monoisotopic (exact) mass is 698 g/mol. The molecule has 0 radical (unpaired) electrons. The van der Waals surface area contributed by atoms with Gasteiger partial charge in [-0.1, -0.05) is 0 Å². The fraction of sp³-hybridized carbons (Fsp3) is 0.632. The number of anilines is 2. The lowest BCUT2D eigenvalue weighted by Gasteiger charge is -2.41. The summed E-state index contributed by atoms with van der Waals surface area (Å²) in [5, 5.41) is 20.6. The van der Waals surface area contributed by atoms with Gasteiger partial charge in [-0.2, -0.15) is 15.2 Å². The Bertz CT molecular complexity index is 1830. The van der Waals surface area contributed by atoms with Gasteiger partial charge in [0.15, 0.2) is 0 Å². The zero-order valence-corrected chi connectivity index (χ0v) is 30.1. The lowest BCUT2D eigenvalue weighted by Crippen LogP contribution is -2.55. The Balaban J connectivity index is 1.12. The third-order valence-corrected chi connectivity index (χ3v) is 12.1. The number of ether oxygens (including phenoxy) is 3. The van der Waals surface area contributed by atoms with E-state index in [0.717, 1.165) is 81.8 Å². The largest absolute Gasteiger partial charge is 0.465 e. The molecule has 4 fully saturated rings. The maximum Gasteiger partial charge on any atom is 0.407 e. The van der Waals surface area contributed by atoms with Gasteiger partial charge in [0.2, 0.25) is 0 Å². The number of piperazine rings is 1. The van der Waals surface area contributed by atoms with Crippen molar-refractivity contribution in [3.63, 3.8) is 0 Å². The zero-order valence-electron chi connectivity index (χ0n) is 30.1. The average Bonchev–Trinajstić information content (AvgIpc) is 3.56. The highest BCUT2D eigenvalue weighted by molar-refractivity contribution is 5.96. The van der Waals surface area contributed by atoms with Gasteiger partial charge >= 0.3 is 12.1 Å².